The van der Waals surface area contributed by atoms with Gasteiger partial charge in [0.05, 0.1) is 24.9 Å². The lowest BCUT2D eigenvalue weighted by atomic mass is 10.1. The second-order valence-electron chi connectivity index (χ2n) is 5.64. The van der Waals surface area contributed by atoms with Crippen molar-refractivity contribution in [1.82, 2.24) is 14.5 Å². The summed E-state index contributed by atoms with van der Waals surface area (Å²) >= 11 is 18.4. The molecule has 0 radical (unpaired) electrons. The lowest BCUT2D eigenvalue weighted by Crippen LogP contribution is -2.31. The van der Waals surface area contributed by atoms with Gasteiger partial charge in [-0.05, 0) is 30.3 Å². The van der Waals surface area contributed by atoms with Crippen LogP contribution in [0.5, 0.6) is 0 Å². The molecule has 7 heteroatoms. The van der Waals surface area contributed by atoms with Crippen LogP contribution < -0.4 is 0 Å². The number of aliphatic hydroxyl groups is 1. The molecule has 0 amide bonds. The molecular formula is C15H16Cl3N3O. The lowest BCUT2D eigenvalue weighted by Gasteiger charge is -2.27. The summed E-state index contributed by atoms with van der Waals surface area (Å²) in [6, 6.07) is 3.43. The summed E-state index contributed by atoms with van der Waals surface area (Å²) in [7, 11) is 3.81. The molecule has 2 atom stereocenters. The fraction of sp³-hybridized carbons (Fsp3) is 0.400. The van der Waals surface area contributed by atoms with Gasteiger partial charge in [-0.3, -0.25) is 4.90 Å². The van der Waals surface area contributed by atoms with Crippen molar-refractivity contribution in [3.63, 3.8) is 0 Å². The van der Waals surface area contributed by atoms with Gasteiger partial charge in [0.2, 0.25) is 0 Å². The van der Waals surface area contributed by atoms with Crippen LogP contribution in [0, 0.1) is 0 Å². The van der Waals surface area contributed by atoms with Gasteiger partial charge in [0.1, 0.15) is 11.0 Å². The molecule has 2 unspecified atom stereocenters. The summed E-state index contributed by atoms with van der Waals surface area (Å²) in [6.45, 7) is 0.564. The van der Waals surface area contributed by atoms with E-state index in [9.17, 15) is 5.11 Å². The Hall–Kier alpha value is -0.780. The van der Waals surface area contributed by atoms with Gasteiger partial charge in [-0.2, -0.15) is 0 Å². The maximum absolute atomic E-state index is 10.5. The van der Waals surface area contributed by atoms with Crippen LogP contribution in [-0.4, -0.2) is 32.7 Å². The van der Waals surface area contributed by atoms with E-state index in [1.807, 2.05) is 29.6 Å². The van der Waals surface area contributed by atoms with E-state index in [-0.39, 0.29) is 6.04 Å². The number of nitrogens with zero attached hydrogens (tertiary/aromatic N) is 3. The Balaban J connectivity index is 1.91. The Bertz CT molecular complexity index is 716. The molecule has 4 nitrogen and oxygen atoms in total. The lowest BCUT2D eigenvalue weighted by molar-refractivity contribution is 0.0707. The molecule has 0 spiro atoms. The molecule has 1 aliphatic carbocycles. The van der Waals surface area contributed by atoms with Gasteiger partial charge in [-0.1, -0.05) is 34.8 Å². The van der Waals surface area contributed by atoms with Gasteiger partial charge in [-0.25, -0.2) is 4.98 Å². The molecule has 0 saturated carbocycles. The predicted molar refractivity (Wildman–Crippen MR) is 88.6 cm³/mol. The van der Waals surface area contributed by atoms with E-state index in [0.29, 0.717) is 28.2 Å². The molecule has 118 valence electrons. The topological polar surface area (TPSA) is 41.3 Å². The SMILES string of the molecule is CN(Cc1ncc(Cl)n1C)C1c2cc(Cl)cc(Cl)c2CC1O. The van der Waals surface area contributed by atoms with Crippen molar-refractivity contribution in [2.75, 3.05) is 7.05 Å². The molecule has 0 saturated heterocycles. The Labute approximate surface area is 144 Å². The van der Waals surface area contributed by atoms with Crippen LogP contribution in [0.4, 0.5) is 0 Å². The molecule has 3 rings (SSSR count). The van der Waals surface area contributed by atoms with E-state index in [4.69, 9.17) is 34.8 Å². The van der Waals surface area contributed by atoms with Gasteiger partial charge in [0, 0.05) is 23.5 Å². The van der Waals surface area contributed by atoms with E-state index < -0.39 is 6.10 Å². The number of hydrogen-bond donors (Lipinski definition) is 1. The van der Waals surface area contributed by atoms with Gasteiger partial charge in [0.25, 0.3) is 0 Å². The van der Waals surface area contributed by atoms with Crippen molar-refractivity contribution < 1.29 is 5.11 Å². The third kappa shape index (κ3) is 2.74. The number of fused-ring (bicyclic) bond motifs is 1. The highest BCUT2D eigenvalue weighted by molar-refractivity contribution is 6.35. The predicted octanol–water partition coefficient (Wildman–Crippen LogP) is 3.47. The van der Waals surface area contributed by atoms with Crippen LogP contribution in [-0.2, 0) is 20.0 Å². The Morgan fingerprint density at radius 2 is 2.09 bits per heavy atom. The van der Waals surface area contributed by atoms with Crippen LogP contribution in [0.2, 0.25) is 15.2 Å². The van der Waals surface area contributed by atoms with Crippen molar-refractivity contribution >= 4 is 34.8 Å². The van der Waals surface area contributed by atoms with Crippen molar-refractivity contribution in [3.05, 3.63) is 50.5 Å². The number of aliphatic hydroxyl groups excluding tert-OH is 1. The molecule has 0 aliphatic heterocycles. The minimum absolute atomic E-state index is 0.165. The molecular weight excluding hydrogens is 345 g/mol. The van der Waals surface area contributed by atoms with Gasteiger partial charge in [-0.15, -0.1) is 0 Å². The highest BCUT2D eigenvalue weighted by Gasteiger charge is 2.36. The maximum Gasteiger partial charge on any atom is 0.128 e. The van der Waals surface area contributed by atoms with Crippen LogP contribution >= 0.6 is 34.8 Å². The van der Waals surface area contributed by atoms with Crippen molar-refractivity contribution in [3.8, 4) is 0 Å². The fourth-order valence-electron chi connectivity index (χ4n) is 3.05. The summed E-state index contributed by atoms with van der Waals surface area (Å²) in [6.07, 6.45) is 1.63. The average Bonchev–Trinajstić information content (AvgIpc) is 2.93. The molecule has 1 aromatic carbocycles. The average molecular weight is 361 g/mol. The number of benzene rings is 1. The monoisotopic (exact) mass is 359 g/mol. The number of halogens is 3. The molecule has 1 aliphatic rings. The van der Waals surface area contributed by atoms with Crippen LogP contribution in [0.1, 0.15) is 23.0 Å². The minimum Gasteiger partial charge on any atom is -0.391 e. The van der Waals surface area contributed by atoms with Crippen LogP contribution in [0.3, 0.4) is 0 Å². The van der Waals surface area contributed by atoms with Crippen molar-refractivity contribution in [2.24, 2.45) is 7.05 Å². The number of imidazole rings is 1. The number of hydrogen-bond acceptors (Lipinski definition) is 3. The van der Waals surface area contributed by atoms with Gasteiger partial charge >= 0.3 is 0 Å². The largest absolute Gasteiger partial charge is 0.391 e. The summed E-state index contributed by atoms with van der Waals surface area (Å²) in [4.78, 5) is 6.34. The quantitative estimate of drug-likeness (QED) is 0.911. The molecule has 0 fully saturated rings. The first-order chi connectivity index (χ1) is 10.4. The summed E-state index contributed by atoms with van der Waals surface area (Å²) < 4.78 is 1.82. The first-order valence-electron chi connectivity index (χ1n) is 6.90. The zero-order chi connectivity index (χ0) is 16.0. The summed E-state index contributed by atoms with van der Waals surface area (Å²) in [5.41, 5.74) is 1.95. The third-order valence-corrected chi connectivity index (χ3v) is 5.09. The summed E-state index contributed by atoms with van der Waals surface area (Å²) in [5.74, 6) is 0.835. The van der Waals surface area contributed by atoms with Crippen molar-refractivity contribution in [2.45, 2.75) is 25.1 Å². The molecule has 1 N–H and O–H groups in total. The smallest absolute Gasteiger partial charge is 0.128 e. The first kappa shape index (κ1) is 16.1. The minimum atomic E-state index is -0.522. The highest BCUT2D eigenvalue weighted by atomic mass is 35.5. The Morgan fingerprint density at radius 1 is 1.36 bits per heavy atom. The fourth-order valence-corrected chi connectivity index (χ4v) is 3.79. The molecule has 22 heavy (non-hydrogen) atoms. The molecule has 1 heterocycles. The first-order valence-corrected chi connectivity index (χ1v) is 8.04. The van der Waals surface area contributed by atoms with E-state index in [0.717, 1.165) is 17.0 Å². The highest BCUT2D eigenvalue weighted by Crippen LogP contribution is 2.41. The van der Waals surface area contributed by atoms with Crippen LogP contribution in [0.25, 0.3) is 0 Å². The zero-order valence-electron chi connectivity index (χ0n) is 12.2. The molecule has 1 aromatic heterocycles. The van der Waals surface area contributed by atoms with E-state index >= 15 is 0 Å². The van der Waals surface area contributed by atoms with Gasteiger partial charge < -0.3 is 9.67 Å². The standard InChI is InChI=1S/C15H16Cl3N3O/c1-20(7-14-19-6-13(18)21(14)2)15-10-3-8(16)4-11(17)9(10)5-12(15)22/h3-4,6,12,15,22H,5,7H2,1-2H3. The number of rotatable bonds is 3. The van der Waals surface area contributed by atoms with Crippen LogP contribution in [0.15, 0.2) is 18.3 Å². The second-order valence-corrected chi connectivity index (χ2v) is 6.87. The molecule has 2 aromatic rings. The Kier molecular flexibility index (Phi) is 4.40. The zero-order valence-corrected chi connectivity index (χ0v) is 14.5. The molecule has 0 bridgehead atoms. The number of aromatic nitrogens is 2. The van der Waals surface area contributed by atoms with E-state index in [1.54, 1.807) is 12.3 Å². The van der Waals surface area contributed by atoms with E-state index in [2.05, 4.69) is 4.98 Å². The summed E-state index contributed by atoms with van der Waals surface area (Å²) in [5, 5.41) is 12.2. The maximum atomic E-state index is 10.5. The van der Waals surface area contributed by atoms with Gasteiger partial charge in [0.15, 0.2) is 0 Å². The normalized spacial score (nSPS) is 20.7. The Morgan fingerprint density at radius 3 is 2.73 bits per heavy atom. The third-order valence-electron chi connectivity index (χ3n) is 4.18. The number of likely N-dealkylation sites (N-methyl/N-ethyl adjacent to an activating group) is 1. The van der Waals surface area contributed by atoms with E-state index in [1.165, 1.54) is 0 Å². The second kappa shape index (κ2) is 6.02. The van der Waals surface area contributed by atoms with Crippen molar-refractivity contribution in [1.29, 1.82) is 0 Å².